The predicted octanol–water partition coefficient (Wildman–Crippen LogP) is 2.23. The smallest absolute Gasteiger partial charge is 0.274 e. The first-order valence-corrected chi connectivity index (χ1v) is 8.91. The number of oxazole rings is 1. The fraction of sp³-hybridized carbons (Fsp3) is 0.316. The van der Waals surface area contributed by atoms with Gasteiger partial charge in [0.1, 0.15) is 12.0 Å². The quantitative estimate of drug-likeness (QED) is 0.728. The molecule has 1 amide bonds. The average molecular weight is 364 g/mol. The second-order valence-electron chi connectivity index (χ2n) is 6.53. The van der Waals surface area contributed by atoms with Gasteiger partial charge in [-0.2, -0.15) is 0 Å². The highest BCUT2D eigenvalue weighted by atomic mass is 16.3. The maximum atomic E-state index is 12.5. The number of anilines is 1. The number of aryl methyl sites for hydroxylation is 3. The maximum absolute atomic E-state index is 12.5. The number of amides is 1. The first kappa shape index (κ1) is 17.1. The lowest BCUT2D eigenvalue weighted by molar-refractivity contribution is 0.0946. The van der Waals surface area contributed by atoms with Crippen LogP contribution in [0.25, 0.3) is 11.6 Å². The Hall–Kier alpha value is -3.29. The molecule has 0 saturated carbocycles. The van der Waals surface area contributed by atoms with Gasteiger partial charge in [0.15, 0.2) is 11.5 Å². The molecule has 0 spiro atoms. The van der Waals surface area contributed by atoms with Crippen LogP contribution in [0.2, 0.25) is 0 Å². The number of nitrogens with zero attached hydrogens (tertiary/aromatic N) is 4. The van der Waals surface area contributed by atoms with Crippen molar-refractivity contribution in [2.24, 2.45) is 0 Å². The Morgan fingerprint density at radius 3 is 2.89 bits per heavy atom. The molecule has 4 rings (SSSR count). The van der Waals surface area contributed by atoms with E-state index in [1.165, 1.54) is 24.4 Å². The number of pyridine rings is 1. The average Bonchev–Trinajstić information content (AvgIpc) is 3.22. The number of rotatable bonds is 4. The third kappa shape index (κ3) is 3.51. The number of nitrogen functional groups attached to an aromatic ring is 1. The zero-order valence-electron chi connectivity index (χ0n) is 15.0. The first-order chi connectivity index (χ1) is 13.1. The monoisotopic (exact) mass is 364 g/mol. The normalized spacial score (nSPS) is 13.2. The molecule has 8 heteroatoms. The van der Waals surface area contributed by atoms with E-state index in [-0.39, 0.29) is 17.4 Å². The van der Waals surface area contributed by atoms with Crippen molar-refractivity contribution in [1.82, 2.24) is 25.3 Å². The van der Waals surface area contributed by atoms with Crippen molar-refractivity contribution >= 4 is 11.7 Å². The van der Waals surface area contributed by atoms with Crippen LogP contribution in [0.3, 0.4) is 0 Å². The van der Waals surface area contributed by atoms with Gasteiger partial charge in [-0.25, -0.2) is 15.0 Å². The highest BCUT2D eigenvalue weighted by Crippen LogP contribution is 2.21. The molecule has 1 aliphatic carbocycles. The van der Waals surface area contributed by atoms with E-state index in [0.29, 0.717) is 23.8 Å². The Kier molecular flexibility index (Phi) is 4.53. The van der Waals surface area contributed by atoms with Gasteiger partial charge in [-0.3, -0.25) is 9.78 Å². The topological polar surface area (TPSA) is 120 Å². The van der Waals surface area contributed by atoms with E-state index >= 15 is 0 Å². The third-order valence-electron chi connectivity index (χ3n) is 4.61. The fourth-order valence-corrected chi connectivity index (χ4v) is 3.22. The van der Waals surface area contributed by atoms with Crippen molar-refractivity contribution in [3.8, 4) is 11.6 Å². The van der Waals surface area contributed by atoms with Gasteiger partial charge in [0, 0.05) is 5.69 Å². The van der Waals surface area contributed by atoms with Crippen LogP contribution in [0.5, 0.6) is 0 Å². The van der Waals surface area contributed by atoms with Crippen LogP contribution in [0.15, 0.2) is 29.0 Å². The Labute approximate surface area is 156 Å². The van der Waals surface area contributed by atoms with E-state index in [2.05, 4.69) is 31.3 Å². The highest BCUT2D eigenvalue weighted by Gasteiger charge is 2.19. The molecule has 0 fully saturated rings. The molecule has 0 aromatic carbocycles. The van der Waals surface area contributed by atoms with Gasteiger partial charge in [0.05, 0.1) is 24.1 Å². The molecule has 0 saturated heterocycles. The molecule has 27 heavy (non-hydrogen) atoms. The van der Waals surface area contributed by atoms with Crippen LogP contribution in [0.4, 0.5) is 5.82 Å². The molecule has 138 valence electrons. The molecular formula is C19H20N6O2. The van der Waals surface area contributed by atoms with E-state index in [0.717, 1.165) is 30.7 Å². The first-order valence-electron chi connectivity index (χ1n) is 8.91. The molecule has 0 radical (unpaired) electrons. The molecule has 1 aliphatic rings. The molecule has 0 aliphatic heterocycles. The molecule has 0 unspecified atom stereocenters. The summed E-state index contributed by atoms with van der Waals surface area (Å²) < 4.78 is 5.23. The van der Waals surface area contributed by atoms with Gasteiger partial charge in [0.2, 0.25) is 5.89 Å². The second kappa shape index (κ2) is 7.14. The molecule has 0 bridgehead atoms. The van der Waals surface area contributed by atoms with Crippen molar-refractivity contribution < 1.29 is 9.21 Å². The van der Waals surface area contributed by atoms with E-state index in [4.69, 9.17) is 10.2 Å². The van der Waals surface area contributed by atoms with Crippen LogP contribution >= 0.6 is 0 Å². The van der Waals surface area contributed by atoms with Gasteiger partial charge >= 0.3 is 0 Å². The van der Waals surface area contributed by atoms with Crippen molar-refractivity contribution in [2.75, 3.05) is 5.73 Å². The fourth-order valence-electron chi connectivity index (χ4n) is 3.22. The Morgan fingerprint density at radius 1 is 1.22 bits per heavy atom. The minimum Gasteiger partial charge on any atom is -0.443 e. The number of nitrogens with two attached hydrogens (primary N) is 1. The minimum atomic E-state index is -0.387. The highest BCUT2D eigenvalue weighted by molar-refractivity contribution is 5.96. The van der Waals surface area contributed by atoms with E-state index in [1.54, 1.807) is 6.92 Å². The second-order valence-corrected chi connectivity index (χ2v) is 6.53. The van der Waals surface area contributed by atoms with Gasteiger partial charge in [-0.05, 0) is 44.2 Å². The standard InChI is InChI=1S/C19H20N6O2/c1-11-15(19-21-8-9-27-19)25-17(20)16(23-11)18(26)22-10-13-7-6-12-4-2-3-5-14(12)24-13/h6-9H,2-5,10H2,1H3,(H2,20,25)(H,22,26). The summed E-state index contributed by atoms with van der Waals surface area (Å²) in [4.78, 5) is 29.7. The largest absolute Gasteiger partial charge is 0.443 e. The van der Waals surface area contributed by atoms with Crippen molar-refractivity contribution in [2.45, 2.75) is 39.2 Å². The zero-order valence-corrected chi connectivity index (χ0v) is 15.0. The molecular weight excluding hydrogens is 344 g/mol. The summed E-state index contributed by atoms with van der Waals surface area (Å²) in [5.74, 6) is -0.0387. The lowest BCUT2D eigenvalue weighted by atomic mass is 9.96. The number of fused-ring (bicyclic) bond motifs is 1. The van der Waals surface area contributed by atoms with Crippen LogP contribution in [-0.4, -0.2) is 25.8 Å². The number of carbonyl (C=O) groups is 1. The number of aromatic nitrogens is 4. The lowest BCUT2D eigenvalue weighted by Gasteiger charge is -2.15. The predicted molar refractivity (Wildman–Crippen MR) is 98.7 cm³/mol. The summed E-state index contributed by atoms with van der Waals surface area (Å²) in [5, 5.41) is 2.82. The summed E-state index contributed by atoms with van der Waals surface area (Å²) in [6.07, 6.45) is 7.41. The van der Waals surface area contributed by atoms with Gasteiger partial charge in [-0.1, -0.05) is 6.07 Å². The molecule has 3 aromatic heterocycles. The maximum Gasteiger partial charge on any atom is 0.274 e. The Balaban J connectivity index is 1.49. The number of hydrogen-bond donors (Lipinski definition) is 2. The number of hydrogen-bond acceptors (Lipinski definition) is 7. The van der Waals surface area contributed by atoms with Gasteiger partial charge < -0.3 is 15.5 Å². The number of nitrogens with one attached hydrogen (secondary N) is 1. The van der Waals surface area contributed by atoms with Gasteiger partial charge in [-0.15, -0.1) is 0 Å². The minimum absolute atomic E-state index is 0.0321. The molecule has 0 atom stereocenters. The van der Waals surface area contributed by atoms with E-state index in [1.807, 2.05) is 6.07 Å². The summed E-state index contributed by atoms with van der Waals surface area (Å²) in [6.45, 7) is 2.04. The summed E-state index contributed by atoms with van der Waals surface area (Å²) in [7, 11) is 0. The van der Waals surface area contributed by atoms with Crippen LogP contribution in [0.1, 0.15) is 46.0 Å². The van der Waals surface area contributed by atoms with Gasteiger partial charge in [0.25, 0.3) is 5.91 Å². The summed E-state index contributed by atoms with van der Waals surface area (Å²) >= 11 is 0. The van der Waals surface area contributed by atoms with Crippen molar-refractivity contribution in [3.05, 3.63) is 52.9 Å². The zero-order chi connectivity index (χ0) is 18.8. The summed E-state index contributed by atoms with van der Waals surface area (Å²) in [6, 6.07) is 4.06. The summed E-state index contributed by atoms with van der Waals surface area (Å²) in [5.41, 5.74) is 10.2. The molecule has 3 heterocycles. The SMILES string of the molecule is Cc1nc(C(=O)NCc2ccc3c(n2)CCCC3)c(N)nc1-c1ncco1. The third-order valence-corrected chi connectivity index (χ3v) is 4.61. The molecule has 3 aromatic rings. The van der Waals surface area contributed by atoms with E-state index < -0.39 is 0 Å². The molecule has 8 nitrogen and oxygen atoms in total. The van der Waals surface area contributed by atoms with E-state index in [9.17, 15) is 4.79 Å². The Morgan fingerprint density at radius 2 is 2.07 bits per heavy atom. The van der Waals surface area contributed by atoms with Crippen molar-refractivity contribution in [3.63, 3.8) is 0 Å². The van der Waals surface area contributed by atoms with Crippen molar-refractivity contribution in [1.29, 1.82) is 0 Å². The van der Waals surface area contributed by atoms with Crippen LogP contribution in [0, 0.1) is 6.92 Å². The lowest BCUT2D eigenvalue weighted by Crippen LogP contribution is -2.26. The van der Waals surface area contributed by atoms with Crippen LogP contribution in [-0.2, 0) is 19.4 Å². The number of carbonyl (C=O) groups excluding carboxylic acids is 1. The Bertz CT molecular complexity index is 984. The van der Waals surface area contributed by atoms with Crippen LogP contribution < -0.4 is 11.1 Å². The molecule has 3 N–H and O–H groups in total.